The molecule has 0 aliphatic carbocycles. The van der Waals surface area contributed by atoms with Gasteiger partial charge in [0.25, 0.3) is 11.3 Å². The number of rotatable bonds is 7. The first-order valence-electron chi connectivity index (χ1n) is 10.1. The second-order valence-electron chi connectivity index (χ2n) is 7.03. The van der Waals surface area contributed by atoms with Gasteiger partial charge in [-0.05, 0) is 31.2 Å². The van der Waals surface area contributed by atoms with Crippen molar-refractivity contribution < 1.29 is 18.8 Å². The molecular formula is C23H19ClN4O5. The number of esters is 1. The Bertz CT molecular complexity index is 1400. The van der Waals surface area contributed by atoms with Crippen LogP contribution in [-0.2, 0) is 16.1 Å². The van der Waals surface area contributed by atoms with E-state index >= 15 is 0 Å². The van der Waals surface area contributed by atoms with E-state index in [9.17, 15) is 14.4 Å². The first-order valence-corrected chi connectivity index (χ1v) is 10.5. The molecule has 2 aromatic carbocycles. The van der Waals surface area contributed by atoms with Crippen molar-refractivity contribution in [1.29, 1.82) is 0 Å². The highest BCUT2D eigenvalue weighted by Gasteiger charge is 2.19. The fraction of sp³-hybridized carbons (Fsp3) is 0.174. The molecule has 2 aromatic heterocycles. The molecule has 0 fully saturated rings. The van der Waals surface area contributed by atoms with Gasteiger partial charge >= 0.3 is 5.97 Å². The maximum atomic E-state index is 13.0. The van der Waals surface area contributed by atoms with Crippen LogP contribution in [0.5, 0.6) is 0 Å². The Morgan fingerprint density at radius 3 is 2.79 bits per heavy atom. The van der Waals surface area contributed by atoms with Crippen LogP contribution in [0, 0.1) is 0 Å². The van der Waals surface area contributed by atoms with Crippen molar-refractivity contribution in [3.05, 3.63) is 75.8 Å². The summed E-state index contributed by atoms with van der Waals surface area (Å²) < 4.78 is 11.5. The molecule has 0 bridgehead atoms. The fourth-order valence-electron chi connectivity index (χ4n) is 3.26. The van der Waals surface area contributed by atoms with Gasteiger partial charge in [0.1, 0.15) is 17.4 Å². The van der Waals surface area contributed by atoms with Crippen molar-refractivity contribution in [3.8, 4) is 11.3 Å². The quantitative estimate of drug-likeness (QED) is 0.410. The van der Waals surface area contributed by atoms with Crippen LogP contribution in [0.2, 0.25) is 5.02 Å². The number of ether oxygens (including phenoxy) is 1. The number of fused-ring (bicyclic) bond motifs is 1. The first-order chi connectivity index (χ1) is 16.0. The van der Waals surface area contributed by atoms with Crippen molar-refractivity contribution in [2.75, 3.05) is 11.9 Å². The van der Waals surface area contributed by atoms with Gasteiger partial charge in [-0.3, -0.25) is 14.2 Å². The molecule has 10 heteroatoms. The van der Waals surface area contributed by atoms with Crippen LogP contribution >= 0.6 is 11.6 Å². The van der Waals surface area contributed by atoms with Gasteiger partial charge in [0.2, 0.25) is 5.91 Å². The Morgan fingerprint density at radius 2 is 2.00 bits per heavy atom. The van der Waals surface area contributed by atoms with Crippen LogP contribution in [0.15, 0.2) is 64.2 Å². The van der Waals surface area contributed by atoms with Crippen LogP contribution in [0.4, 0.5) is 5.69 Å². The molecule has 1 amide bonds. The number of nitrogens with one attached hydrogen (secondary N) is 1. The SMILES string of the molecule is CCOC(=O)c1cccc(NC(=O)CCn2cnc3onc(-c4ccccc4Cl)c3c2=O)c1. The number of hydrogen-bond donors (Lipinski definition) is 1. The number of aryl methyl sites for hydroxylation is 1. The van der Waals surface area contributed by atoms with Gasteiger partial charge in [-0.2, -0.15) is 0 Å². The minimum absolute atomic E-state index is 0.00341. The number of aromatic nitrogens is 3. The molecular weight excluding hydrogens is 448 g/mol. The highest BCUT2D eigenvalue weighted by Crippen LogP contribution is 2.30. The summed E-state index contributed by atoms with van der Waals surface area (Å²) in [6, 6.07) is 13.4. The molecule has 1 N–H and O–H groups in total. The zero-order valence-electron chi connectivity index (χ0n) is 17.6. The minimum atomic E-state index is -0.470. The molecule has 4 rings (SSSR count). The van der Waals surface area contributed by atoms with Crippen molar-refractivity contribution in [3.63, 3.8) is 0 Å². The number of halogens is 1. The molecule has 0 unspecified atom stereocenters. The lowest BCUT2D eigenvalue weighted by atomic mass is 10.1. The fourth-order valence-corrected chi connectivity index (χ4v) is 3.49. The molecule has 0 aliphatic rings. The molecule has 0 saturated heterocycles. The molecule has 33 heavy (non-hydrogen) atoms. The second kappa shape index (κ2) is 9.66. The molecule has 168 valence electrons. The molecule has 9 nitrogen and oxygen atoms in total. The highest BCUT2D eigenvalue weighted by molar-refractivity contribution is 6.33. The normalized spacial score (nSPS) is 10.8. The molecule has 2 heterocycles. The van der Waals surface area contributed by atoms with Gasteiger partial charge in [-0.15, -0.1) is 0 Å². The lowest BCUT2D eigenvalue weighted by Gasteiger charge is -2.08. The summed E-state index contributed by atoms with van der Waals surface area (Å²) in [5, 5.41) is 7.29. The number of carbonyl (C=O) groups excluding carboxylic acids is 2. The van der Waals surface area contributed by atoms with Crippen LogP contribution in [0.3, 0.4) is 0 Å². The standard InChI is InChI=1S/C23H19ClN4O5/c1-2-32-23(31)14-6-5-7-15(12-14)26-18(29)10-11-28-13-25-21-19(22(28)30)20(27-33-21)16-8-3-4-9-17(16)24/h3-9,12-13H,2,10-11H2,1H3,(H,26,29). The summed E-state index contributed by atoms with van der Waals surface area (Å²) in [6.07, 6.45) is 1.31. The Morgan fingerprint density at radius 1 is 1.18 bits per heavy atom. The van der Waals surface area contributed by atoms with Crippen LogP contribution < -0.4 is 10.9 Å². The van der Waals surface area contributed by atoms with Crippen LogP contribution in [0.1, 0.15) is 23.7 Å². The lowest BCUT2D eigenvalue weighted by Crippen LogP contribution is -2.23. The third kappa shape index (κ3) is 4.78. The second-order valence-corrected chi connectivity index (χ2v) is 7.44. The molecule has 0 atom stereocenters. The maximum Gasteiger partial charge on any atom is 0.338 e. The molecule has 0 aliphatic heterocycles. The topological polar surface area (TPSA) is 116 Å². The molecule has 0 spiro atoms. The molecule has 4 aromatic rings. The van der Waals surface area contributed by atoms with E-state index in [4.69, 9.17) is 20.9 Å². The minimum Gasteiger partial charge on any atom is -0.462 e. The predicted molar refractivity (Wildman–Crippen MR) is 122 cm³/mol. The Kier molecular flexibility index (Phi) is 6.50. The third-order valence-electron chi connectivity index (χ3n) is 4.83. The van der Waals surface area contributed by atoms with E-state index in [1.807, 2.05) is 0 Å². The summed E-state index contributed by atoms with van der Waals surface area (Å²) in [6.45, 7) is 2.06. The van der Waals surface area contributed by atoms with Crippen molar-refractivity contribution >= 4 is 40.3 Å². The van der Waals surface area contributed by atoms with Gasteiger partial charge in [0.15, 0.2) is 0 Å². The Labute approximate surface area is 192 Å². The van der Waals surface area contributed by atoms with E-state index in [2.05, 4.69) is 15.5 Å². The van der Waals surface area contributed by atoms with Gasteiger partial charge < -0.3 is 14.6 Å². The molecule has 0 radical (unpaired) electrons. The summed E-state index contributed by atoms with van der Waals surface area (Å²) in [7, 11) is 0. The summed E-state index contributed by atoms with van der Waals surface area (Å²) in [4.78, 5) is 41.5. The smallest absolute Gasteiger partial charge is 0.338 e. The number of amides is 1. The van der Waals surface area contributed by atoms with Gasteiger partial charge in [-0.25, -0.2) is 9.78 Å². The zero-order valence-corrected chi connectivity index (χ0v) is 18.3. The summed E-state index contributed by atoms with van der Waals surface area (Å²) in [5.74, 6) is -0.803. The number of benzene rings is 2. The van der Waals surface area contributed by atoms with E-state index in [-0.39, 0.29) is 36.6 Å². The van der Waals surface area contributed by atoms with Gasteiger partial charge in [-0.1, -0.05) is 41.0 Å². The van der Waals surface area contributed by atoms with E-state index < -0.39 is 11.5 Å². The van der Waals surface area contributed by atoms with Crippen molar-refractivity contribution in [2.45, 2.75) is 19.9 Å². The van der Waals surface area contributed by atoms with Gasteiger partial charge in [0, 0.05) is 24.2 Å². The predicted octanol–water partition coefficient (Wildman–Crippen LogP) is 3.91. The average Bonchev–Trinajstić information content (AvgIpc) is 3.24. The lowest BCUT2D eigenvalue weighted by molar-refractivity contribution is -0.116. The number of carbonyl (C=O) groups is 2. The summed E-state index contributed by atoms with van der Waals surface area (Å²) >= 11 is 6.24. The van der Waals surface area contributed by atoms with Crippen LogP contribution in [0.25, 0.3) is 22.4 Å². The largest absolute Gasteiger partial charge is 0.462 e. The third-order valence-corrected chi connectivity index (χ3v) is 5.16. The van der Waals surface area contributed by atoms with E-state index in [1.54, 1.807) is 49.4 Å². The monoisotopic (exact) mass is 466 g/mol. The van der Waals surface area contributed by atoms with Crippen LogP contribution in [-0.4, -0.2) is 33.2 Å². The number of hydrogen-bond acceptors (Lipinski definition) is 7. The highest BCUT2D eigenvalue weighted by atomic mass is 35.5. The molecule has 0 saturated carbocycles. The van der Waals surface area contributed by atoms with Crippen molar-refractivity contribution in [2.24, 2.45) is 0 Å². The number of nitrogens with zero attached hydrogens (tertiary/aromatic N) is 3. The first kappa shape index (κ1) is 22.2. The van der Waals surface area contributed by atoms with Gasteiger partial charge in [0.05, 0.1) is 17.2 Å². The maximum absolute atomic E-state index is 13.0. The number of anilines is 1. The van der Waals surface area contributed by atoms with E-state index in [0.717, 1.165) is 0 Å². The Balaban J connectivity index is 1.51. The zero-order chi connectivity index (χ0) is 23.4. The van der Waals surface area contributed by atoms with E-state index in [1.165, 1.54) is 17.0 Å². The Hall–Kier alpha value is -3.98. The average molecular weight is 467 g/mol. The summed E-state index contributed by atoms with van der Waals surface area (Å²) in [5.41, 5.74) is 1.32. The van der Waals surface area contributed by atoms with Crippen molar-refractivity contribution in [1.82, 2.24) is 14.7 Å². The van der Waals surface area contributed by atoms with E-state index in [0.29, 0.717) is 27.5 Å².